The molecule has 0 saturated heterocycles. The molecule has 3 N–H and O–H groups in total. The number of benzene rings is 1. The van der Waals surface area contributed by atoms with E-state index in [2.05, 4.69) is 19.2 Å². The summed E-state index contributed by atoms with van der Waals surface area (Å²) in [6, 6.07) is 3.79. The first-order valence-electron chi connectivity index (χ1n) is 6.04. The Morgan fingerprint density at radius 2 is 1.67 bits per heavy atom. The Morgan fingerprint density at radius 1 is 1.17 bits per heavy atom. The molecule has 0 fully saturated rings. The van der Waals surface area contributed by atoms with Crippen LogP contribution in [-0.2, 0) is 0 Å². The quantitative estimate of drug-likeness (QED) is 0.841. The molecule has 4 heteroatoms. The molecule has 0 heterocycles. The van der Waals surface area contributed by atoms with Gasteiger partial charge in [-0.25, -0.2) is 0 Å². The predicted molar refractivity (Wildman–Crippen MR) is 74.4 cm³/mol. The van der Waals surface area contributed by atoms with Crippen LogP contribution < -0.4 is 20.5 Å². The minimum Gasteiger partial charge on any atom is -0.493 e. The Labute approximate surface area is 109 Å². The van der Waals surface area contributed by atoms with Crippen molar-refractivity contribution in [3.63, 3.8) is 0 Å². The highest BCUT2D eigenvalue weighted by Crippen LogP contribution is 2.35. The van der Waals surface area contributed by atoms with E-state index in [9.17, 15) is 0 Å². The van der Waals surface area contributed by atoms with Crippen LogP contribution in [0.15, 0.2) is 12.1 Å². The monoisotopic (exact) mass is 252 g/mol. The Hall–Kier alpha value is -1.26. The number of aryl methyl sites for hydroxylation is 1. The fourth-order valence-corrected chi connectivity index (χ4v) is 1.88. The molecule has 1 aromatic carbocycles. The van der Waals surface area contributed by atoms with Gasteiger partial charge in [0.25, 0.3) is 0 Å². The zero-order valence-electron chi connectivity index (χ0n) is 12.1. The first-order valence-corrected chi connectivity index (χ1v) is 6.04. The highest BCUT2D eigenvalue weighted by Gasteiger charge is 2.27. The molecule has 1 rings (SSSR count). The maximum Gasteiger partial charge on any atom is 0.161 e. The van der Waals surface area contributed by atoms with Crippen molar-refractivity contribution in [3.05, 3.63) is 23.3 Å². The number of ether oxygens (including phenoxy) is 2. The predicted octanol–water partition coefficient (Wildman–Crippen LogP) is 2.01. The van der Waals surface area contributed by atoms with E-state index in [4.69, 9.17) is 15.2 Å². The number of methoxy groups -OCH3 is 2. The molecule has 1 aromatic rings. The van der Waals surface area contributed by atoms with Gasteiger partial charge < -0.3 is 20.5 Å². The van der Waals surface area contributed by atoms with E-state index in [-0.39, 0.29) is 11.6 Å². The lowest BCUT2D eigenvalue weighted by Crippen LogP contribution is -2.46. The topological polar surface area (TPSA) is 56.5 Å². The van der Waals surface area contributed by atoms with Crippen LogP contribution in [0, 0.1) is 6.92 Å². The molecule has 0 saturated carbocycles. The summed E-state index contributed by atoms with van der Waals surface area (Å²) in [5.41, 5.74) is 8.31. The third kappa shape index (κ3) is 2.76. The van der Waals surface area contributed by atoms with Crippen LogP contribution in [0.4, 0.5) is 0 Å². The third-order valence-electron chi connectivity index (χ3n) is 3.53. The molecule has 4 nitrogen and oxygen atoms in total. The average molecular weight is 252 g/mol. The molecule has 1 atom stereocenters. The molecular weight excluding hydrogens is 228 g/mol. The lowest BCUT2D eigenvalue weighted by Gasteiger charge is -2.32. The fraction of sp³-hybridized carbons (Fsp3) is 0.571. The second-order valence-electron chi connectivity index (χ2n) is 5.01. The molecule has 0 aromatic heterocycles. The zero-order valence-corrected chi connectivity index (χ0v) is 12.1. The first-order chi connectivity index (χ1) is 8.37. The van der Waals surface area contributed by atoms with E-state index in [0.717, 1.165) is 16.9 Å². The highest BCUT2D eigenvalue weighted by atomic mass is 16.5. The maximum absolute atomic E-state index is 6.34. The van der Waals surface area contributed by atoms with Crippen LogP contribution in [0.25, 0.3) is 0 Å². The summed E-state index contributed by atoms with van der Waals surface area (Å²) in [5.74, 6) is 1.44. The fourth-order valence-electron chi connectivity index (χ4n) is 1.88. The van der Waals surface area contributed by atoms with Crippen LogP contribution in [0.3, 0.4) is 0 Å². The van der Waals surface area contributed by atoms with Gasteiger partial charge >= 0.3 is 0 Å². The van der Waals surface area contributed by atoms with E-state index in [1.807, 2.05) is 26.1 Å². The molecule has 1 unspecified atom stereocenters. The Morgan fingerprint density at radius 3 is 2.11 bits per heavy atom. The summed E-state index contributed by atoms with van der Waals surface area (Å²) in [5, 5.41) is 3.24. The maximum atomic E-state index is 6.34. The molecule has 0 bridgehead atoms. The average Bonchev–Trinajstić information content (AvgIpc) is 2.37. The van der Waals surface area contributed by atoms with Crippen molar-refractivity contribution in [1.82, 2.24) is 5.32 Å². The van der Waals surface area contributed by atoms with Gasteiger partial charge in [-0.3, -0.25) is 0 Å². The summed E-state index contributed by atoms with van der Waals surface area (Å²) in [4.78, 5) is 0. The molecule has 0 aliphatic carbocycles. The molecule has 0 aliphatic rings. The van der Waals surface area contributed by atoms with Crippen LogP contribution in [0.5, 0.6) is 11.5 Å². The van der Waals surface area contributed by atoms with Crippen molar-refractivity contribution in [3.8, 4) is 11.5 Å². The standard InChI is InChI=1S/C14H24N2O2/c1-9-7-11(17-5)12(18-6)8-10(9)13(15)14(2,3)16-4/h7-8,13,16H,15H2,1-6H3. The SMILES string of the molecule is CNC(C)(C)C(N)c1cc(OC)c(OC)cc1C. The van der Waals surface area contributed by atoms with Crippen LogP contribution in [0.2, 0.25) is 0 Å². The van der Waals surface area contributed by atoms with Gasteiger partial charge in [-0.15, -0.1) is 0 Å². The first kappa shape index (κ1) is 14.8. The van der Waals surface area contributed by atoms with Gasteiger partial charge in [0.2, 0.25) is 0 Å². The minimum atomic E-state index is -0.190. The van der Waals surface area contributed by atoms with Crippen molar-refractivity contribution >= 4 is 0 Å². The molecule has 18 heavy (non-hydrogen) atoms. The van der Waals surface area contributed by atoms with Gasteiger partial charge in [-0.05, 0) is 51.1 Å². The lowest BCUT2D eigenvalue weighted by molar-refractivity contribution is 0.338. The third-order valence-corrected chi connectivity index (χ3v) is 3.53. The summed E-state index contributed by atoms with van der Waals surface area (Å²) in [6.45, 7) is 6.19. The van der Waals surface area contributed by atoms with E-state index < -0.39 is 0 Å². The summed E-state index contributed by atoms with van der Waals surface area (Å²) in [6.07, 6.45) is 0. The van der Waals surface area contributed by atoms with E-state index in [0.29, 0.717) is 5.75 Å². The van der Waals surface area contributed by atoms with Gasteiger partial charge in [-0.2, -0.15) is 0 Å². The van der Waals surface area contributed by atoms with E-state index in [1.54, 1.807) is 14.2 Å². The minimum absolute atomic E-state index is 0.123. The van der Waals surface area contributed by atoms with Gasteiger partial charge in [0.05, 0.1) is 14.2 Å². The number of rotatable bonds is 5. The lowest BCUT2D eigenvalue weighted by atomic mass is 9.87. The smallest absolute Gasteiger partial charge is 0.161 e. The molecule has 102 valence electrons. The van der Waals surface area contributed by atoms with E-state index >= 15 is 0 Å². The highest BCUT2D eigenvalue weighted by molar-refractivity contribution is 5.48. The molecule has 0 aliphatic heterocycles. The Balaban J connectivity index is 3.25. The number of nitrogens with two attached hydrogens (primary N) is 1. The van der Waals surface area contributed by atoms with Crippen molar-refractivity contribution in [2.24, 2.45) is 5.73 Å². The Kier molecular flexibility index (Phi) is 4.59. The number of likely N-dealkylation sites (N-methyl/N-ethyl adjacent to an activating group) is 1. The second-order valence-corrected chi connectivity index (χ2v) is 5.01. The largest absolute Gasteiger partial charge is 0.493 e. The van der Waals surface area contributed by atoms with Crippen molar-refractivity contribution < 1.29 is 9.47 Å². The van der Waals surface area contributed by atoms with Crippen LogP contribution in [0.1, 0.15) is 31.0 Å². The van der Waals surface area contributed by atoms with Gasteiger partial charge in [0.1, 0.15) is 0 Å². The summed E-state index contributed by atoms with van der Waals surface area (Å²) in [7, 11) is 5.18. The number of hydrogen-bond donors (Lipinski definition) is 2. The normalized spacial score (nSPS) is 13.3. The van der Waals surface area contributed by atoms with Crippen LogP contribution >= 0.6 is 0 Å². The van der Waals surface area contributed by atoms with Gasteiger partial charge in [0.15, 0.2) is 11.5 Å². The summed E-state index contributed by atoms with van der Waals surface area (Å²) < 4.78 is 10.6. The number of hydrogen-bond acceptors (Lipinski definition) is 4. The van der Waals surface area contributed by atoms with E-state index in [1.165, 1.54) is 0 Å². The van der Waals surface area contributed by atoms with Gasteiger partial charge in [-0.1, -0.05) is 0 Å². The Bertz CT molecular complexity index is 417. The molecule has 0 radical (unpaired) electrons. The summed E-state index contributed by atoms with van der Waals surface area (Å²) >= 11 is 0. The zero-order chi connectivity index (χ0) is 13.9. The molecule has 0 spiro atoms. The van der Waals surface area contributed by atoms with Crippen molar-refractivity contribution in [1.29, 1.82) is 0 Å². The number of nitrogens with one attached hydrogen (secondary N) is 1. The van der Waals surface area contributed by atoms with Crippen molar-refractivity contribution in [2.75, 3.05) is 21.3 Å². The molecule has 0 amide bonds. The second kappa shape index (κ2) is 5.59. The van der Waals surface area contributed by atoms with Crippen LogP contribution in [-0.4, -0.2) is 26.8 Å². The van der Waals surface area contributed by atoms with Crippen molar-refractivity contribution in [2.45, 2.75) is 32.4 Å². The van der Waals surface area contributed by atoms with Gasteiger partial charge in [0, 0.05) is 11.6 Å². The molecular formula is C14H24N2O2.